The highest BCUT2D eigenvalue weighted by Gasteiger charge is 2.07. The quantitative estimate of drug-likeness (QED) is 0.820. The molecule has 0 fully saturated rings. The molecule has 1 amide bonds. The van der Waals surface area contributed by atoms with Crippen LogP contribution in [0.4, 0.5) is 5.82 Å². The molecule has 0 radical (unpaired) electrons. The molecule has 0 atom stereocenters. The summed E-state index contributed by atoms with van der Waals surface area (Å²) in [5.41, 5.74) is 0. The molecule has 0 saturated carbocycles. The van der Waals surface area contributed by atoms with Gasteiger partial charge in [0.2, 0.25) is 11.8 Å². The van der Waals surface area contributed by atoms with Crippen molar-refractivity contribution in [1.82, 2.24) is 14.9 Å². The zero-order valence-corrected chi connectivity index (χ0v) is 11.4. The molecule has 18 heavy (non-hydrogen) atoms. The number of nitrogens with one attached hydrogen (secondary N) is 1. The van der Waals surface area contributed by atoms with E-state index in [1.165, 1.54) is 0 Å². The van der Waals surface area contributed by atoms with Crippen LogP contribution in [0, 0.1) is 6.92 Å². The zero-order valence-electron chi connectivity index (χ0n) is 11.4. The van der Waals surface area contributed by atoms with E-state index in [-0.39, 0.29) is 12.5 Å². The van der Waals surface area contributed by atoms with E-state index in [1.54, 1.807) is 24.9 Å². The number of likely N-dealkylation sites (N-methyl/N-ethyl adjacent to an activating group) is 1. The molecule has 100 valence electrons. The van der Waals surface area contributed by atoms with Crippen molar-refractivity contribution in [2.24, 2.45) is 0 Å². The Labute approximate surface area is 107 Å². The molecule has 1 N–H and O–H groups in total. The van der Waals surface area contributed by atoms with Crippen molar-refractivity contribution >= 4 is 11.7 Å². The minimum Gasteiger partial charge on any atom is -0.478 e. The van der Waals surface area contributed by atoms with Crippen LogP contribution in [-0.4, -0.2) is 47.5 Å². The zero-order chi connectivity index (χ0) is 13.5. The summed E-state index contributed by atoms with van der Waals surface area (Å²) in [6, 6.07) is 1.69. The van der Waals surface area contributed by atoms with Crippen molar-refractivity contribution in [2.45, 2.75) is 20.8 Å². The van der Waals surface area contributed by atoms with E-state index in [4.69, 9.17) is 4.74 Å². The van der Waals surface area contributed by atoms with Gasteiger partial charge in [0.1, 0.15) is 11.6 Å². The van der Waals surface area contributed by atoms with E-state index in [0.717, 1.165) is 0 Å². The molecule has 0 aromatic carbocycles. The van der Waals surface area contributed by atoms with Crippen molar-refractivity contribution in [3.63, 3.8) is 0 Å². The number of aromatic nitrogens is 2. The highest BCUT2D eigenvalue weighted by atomic mass is 16.5. The Morgan fingerprint density at radius 2 is 2.17 bits per heavy atom. The van der Waals surface area contributed by atoms with E-state index in [1.807, 2.05) is 13.8 Å². The second-order valence-electron chi connectivity index (χ2n) is 3.83. The number of hydrogen-bond donors (Lipinski definition) is 1. The van der Waals surface area contributed by atoms with Gasteiger partial charge >= 0.3 is 0 Å². The number of ether oxygens (including phenoxy) is 1. The molecule has 6 heteroatoms. The molecule has 6 nitrogen and oxygen atoms in total. The first-order valence-corrected chi connectivity index (χ1v) is 6.03. The molecule has 1 aromatic heterocycles. The van der Waals surface area contributed by atoms with Crippen LogP contribution < -0.4 is 10.1 Å². The molecule has 0 unspecified atom stereocenters. The molecule has 0 aliphatic heterocycles. The Morgan fingerprint density at radius 1 is 1.44 bits per heavy atom. The van der Waals surface area contributed by atoms with Crippen molar-refractivity contribution in [2.75, 3.05) is 32.1 Å². The van der Waals surface area contributed by atoms with Crippen LogP contribution in [0.25, 0.3) is 0 Å². The van der Waals surface area contributed by atoms with Gasteiger partial charge in [-0.25, -0.2) is 4.98 Å². The molecule has 1 heterocycles. The minimum atomic E-state index is 0.0201. The fourth-order valence-electron chi connectivity index (χ4n) is 1.33. The smallest absolute Gasteiger partial charge is 0.241 e. The van der Waals surface area contributed by atoms with E-state index >= 15 is 0 Å². The molecule has 0 aliphatic carbocycles. The second-order valence-corrected chi connectivity index (χ2v) is 3.83. The predicted octanol–water partition coefficient (Wildman–Crippen LogP) is 1.07. The summed E-state index contributed by atoms with van der Waals surface area (Å²) < 4.78 is 5.32. The Balaban J connectivity index is 2.64. The van der Waals surface area contributed by atoms with Gasteiger partial charge in [-0.05, 0) is 20.8 Å². The maximum atomic E-state index is 11.6. The Morgan fingerprint density at radius 3 is 2.78 bits per heavy atom. The summed E-state index contributed by atoms with van der Waals surface area (Å²) in [5.74, 6) is 1.75. The van der Waals surface area contributed by atoms with Gasteiger partial charge in [-0.3, -0.25) is 4.79 Å². The minimum absolute atomic E-state index is 0.0201. The van der Waals surface area contributed by atoms with Gasteiger partial charge in [0.15, 0.2) is 0 Å². The highest BCUT2D eigenvalue weighted by Crippen LogP contribution is 2.12. The monoisotopic (exact) mass is 252 g/mol. The summed E-state index contributed by atoms with van der Waals surface area (Å²) >= 11 is 0. The lowest BCUT2D eigenvalue weighted by Crippen LogP contribution is -2.32. The number of nitrogens with zero attached hydrogens (tertiary/aromatic N) is 3. The van der Waals surface area contributed by atoms with Gasteiger partial charge in [0.05, 0.1) is 13.2 Å². The van der Waals surface area contributed by atoms with Crippen molar-refractivity contribution < 1.29 is 9.53 Å². The molecular formula is C12H20N4O2. The van der Waals surface area contributed by atoms with E-state index in [0.29, 0.717) is 30.7 Å². The molecule has 0 bridgehead atoms. The number of anilines is 1. The Bertz CT molecular complexity index is 409. The van der Waals surface area contributed by atoms with Crippen LogP contribution in [0.15, 0.2) is 6.07 Å². The third kappa shape index (κ3) is 4.20. The molecule has 0 aliphatic rings. The van der Waals surface area contributed by atoms with Crippen molar-refractivity contribution in [1.29, 1.82) is 0 Å². The van der Waals surface area contributed by atoms with E-state index < -0.39 is 0 Å². The topological polar surface area (TPSA) is 67.3 Å². The van der Waals surface area contributed by atoms with Crippen LogP contribution in [0.5, 0.6) is 5.88 Å². The number of hydrogen-bond acceptors (Lipinski definition) is 5. The van der Waals surface area contributed by atoms with Gasteiger partial charge < -0.3 is 15.0 Å². The first-order chi connectivity index (χ1) is 8.56. The third-order valence-electron chi connectivity index (χ3n) is 2.43. The fourth-order valence-corrected chi connectivity index (χ4v) is 1.33. The summed E-state index contributed by atoms with van der Waals surface area (Å²) in [4.78, 5) is 21.6. The largest absolute Gasteiger partial charge is 0.478 e. The predicted molar refractivity (Wildman–Crippen MR) is 69.7 cm³/mol. The van der Waals surface area contributed by atoms with Gasteiger partial charge in [0.25, 0.3) is 0 Å². The molecule has 0 saturated heterocycles. The summed E-state index contributed by atoms with van der Waals surface area (Å²) in [7, 11) is 1.76. The number of carbonyl (C=O) groups is 1. The van der Waals surface area contributed by atoms with E-state index in [2.05, 4.69) is 15.3 Å². The van der Waals surface area contributed by atoms with E-state index in [9.17, 15) is 4.79 Å². The van der Waals surface area contributed by atoms with Crippen molar-refractivity contribution in [3.05, 3.63) is 11.9 Å². The molecule has 0 spiro atoms. The van der Waals surface area contributed by atoms with Crippen LogP contribution in [-0.2, 0) is 4.79 Å². The molecule has 1 rings (SSSR count). The van der Waals surface area contributed by atoms with Crippen LogP contribution in [0.2, 0.25) is 0 Å². The first-order valence-electron chi connectivity index (χ1n) is 6.03. The number of aryl methyl sites for hydroxylation is 1. The molecule has 1 aromatic rings. The second kappa shape index (κ2) is 6.78. The lowest BCUT2D eigenvalue weighted by atomic mass is 10.4. The van der Waals surface area contributed by atoms with Gasteiger partial charge in [0, 0.05) is 19.7 Å². The third-order valence-corrected chi connectivity index (χ3v) is 2.43. The van der Waals surface area contributed by atoms with Crippen LogP contribution in [0.3, 0.4) is 0 Å². The summed E-state index contributed by atoms with van der Waals surface area (Å²) in [6.07, 6.45) is 0. The number of rotatable bonds is 6. The van der Waals surface area contributed by atoms with Gasteiger partial charge in [-0.1, -0.05) is 0 Å². The van der Waals surface area contributed by atoms with Crippen LogP contribution in [0.1, 0.15) is 19.7 Å². The summed E-state index contributed by atoms with van der Waals surface area (Å²) in [5, 5.41) is 2.98. The maximum absolute atomic E-state index is 11.6. The number of amides is 1. The first kappa shape index (κ1) is 14.2. The highest BCUT2D eigenvalue weighted by molar-refractivity contribution is 5.80. The maximum Gasteiger partial charge on any atom is 0.241 e. The molecular weight excluding hydrogens is 232 g/mol. The van der Waals surface area contributed by atoms with Gasteiger partial charge in [-0.2, -0.15) is 4.98 Å². The average Bonchev–Trinajstić information content (AvgIpc) is 2.34. The fraction of sp³-hybridized carbons (Fsp3) is 0.583. The Kier molecular flexibility index (Phi) is 5.35. The van der Waals surface area contributed by atoms with Crippen LogP contribution >= 0.6 is 0 Å². The van der Waals surface area contributed by atoms with Crippen molar-refractivity contribution in [3.8, 4) is 5.88 Å². The Hall–Kier alpha value is -1.85. The number of carbonyl (C=O) groups excluding carboxylic acids is 1. The average molecular weight is 252 g/mol. The summed E-state index contributed by atoms with van der Waals surface area (Å²) in [6.45, 7) is 7.06. The van der Waals surface area contributed by atoms with Gasteiger partial charge in [-0.15, -0.1) is 0 Å². The lowest BCUT2D eigenvalue weighted by molar-refractivity contribution is -0.127. The normalized spacial score (nSPS) is 10.0. The standard InChI is InChI=1S/C12H20N4O2/c1-5-16(4)12(17)8-13-10-7-11(18-6-2)15-9(3)14-10/h7H,5-6,8H2,1-4H3,(H,13,14,15). The lowest BCUT2D eigenvalue weighted by Gasteiger charge is -2.15. The SMILES string of the molecule is CCOc1cc(NCC(=O)N(C)CC)nc(C)n1.